The minimum Gasteiger partial charge on any atom is -0.481 e. The molecule has 2 unspecified atom stereocenters. The van der Waals surface area contributed by atoms with Crippen LogP contribution in [-0.4, -0.2) is 42.3 Å². The van der Waals surface area contributed by atoms with Gasteiger partial charge in [0, 0.05) is 13.5 Å². The van der Waals surface area contributed by atoms with Crippen LogP contribution >= 0.6 is 0 Å². The highest BCUT2D eigenvalue weighted by Crippen LogP contribution is 2.25. The summed E-state index contributed by atoms with van der Waals surface area (Å²) in [6, 6.07) is -0.644. The summed E-state index contributed by atoms with van der Waals surface area (Å²) in [5.41, 5.74) is -0.696. The van der Waals surface area contributed by atoms with E-state index in [-0.39, 0.29) is 25.0 Å². The average Bonchev–Trinajstić information content (AvgIpc) is 2.72. The van der Waals surface area contributed by atoms with E-state index in [2.05, 4.69) is 10.6 Å². The molecule has 3 N–H and O–H groups in total. The van der Waals surface area contributed by atoms with Gasteiger partial charge in [0.1, 0.15) is 0 Å². The molecule has 0 aromatic heterocycles. The molecule has 120 valence electrons. The van der Waals surface area contributed by atoms with Crippen LogP contribution in [0.1, 0.15) is 46.0 Å². The third-order valence-corrected chi connectivity index (χ3v) is 3.59. The molecule has 1 saturated carbocycles. The monoisotopic (exact) mass is 300 g/mol. The van der Waals surface area contributed by atoms with E-state index >= 15 is 0 Å². The van der Waals surface area contributed by atoms with Crippen molar-refractivity contribution in [3.8, 4) is 0 Å². The van der Waals surface area contributed by atoms with Crippen molar-refractivity contribution in [1.29, 1.82) is 0 Å². The van der Waals surface area contributed by atoms with Crippen LogP contribution < -0.4 is 10.6 Å². The van der Waals surface area contributed by atoms with Gasteiger partial charge in [-0.15, -0.1) is 0 Å². The Balaban J connectivity index is 2.40. The van der Waals surface area contributed by atoms with E-state index in [1.54, 1.807) is 21.0 Å². The van der Waals surface area contributed by atoms with Gasteiger partial charge in [-0.3, -0.25) is 14.9 Å². The molecular formula is C14H24N2O5. The maximum absolute atomic E-state index is 11.8. The van der Waals surface area contributed by atoms with Crippen molar-refractivity contribution in [1.82, 2.24) is 10.6 Å². The molecule has 3 amide bonds. The molecule has 1 aliphatic rings. The highest BCUT2D eigenvalue weighted by Gasteiger charge is 2.30. The fourth-order valence-electron chi connectivity index (χ4n) is 2.66. The predicted molar refractivity (Wildman–Crippen MR) is 75.8 cm³/mol. The molecule has 0 spiro atoms. The summed E-state index contributed by atoms with van der Waals surface area (Å²) in [4.78, 5) is 34.2. The smallest absolute Gasteiger partial charge is 0.321 e. The number of carboxylic acid groups (broad SMARTS) is 1. The van der Waals surface area contributed by atoms with Crippen molar-refractivity contribution in [3.05, 3.63) is 0 Å². The second-order valence-corrected chi connectivity index (χ2v) is 6.24. The van der Waals surface area contributed by atoms with Gasteiger partial charge in [0.15, 0.2) is 0 Å². The number of amides is 3. The maximum Gasteiger partial charge on any atom is 0.321 e. The SMILES string of the molecule is COC1CCCC1NC(=O)NC(=O)CC(C)(C)CC(=O)O. The number of hydrogen-bond donors (Lipinski definition) is 3. The van der Waals surface area contributed by atoms with Crippen molar-refractivity contribution < 1.29 is 24.2 Å². The standard InChI is InChI=1S/C14H24N2O5/c1-14(2,8-12(18)19)7-11(17)16-13(20)15-9-5-4-6-10(9)21-3/h9-10H,4-8H2,1-3H3,(H,18,19)(H2,15,16,17,20). The number of methoxy groups -OCH3 is 1. The largest absolute Gasteiger partial charge is 0.481 e. The van der Waals surface area contributed by atoms with E-state index < -0.39 is 23.3 Å². The van der Waals surface area contributed by atoms with E-state index in [1.165, 1.54) is 0 Å². The molecule has 1 fully saturated rings. The Hall–Kier alpha value is -1.63. The van der Waals surface area contributed by atoms with E-state index in [4.69, 9.17) is 9.84 Å². The maximum atomic E-state index is 11.8. The second kappa shape index (κ2) is 7.40. The lowest BCUT2D eigenvalue weighted by Crippen LogP contribution is -2.48. The Morgan fingerprint density at radius 1 is 1.24 bits per heavy atom. The van der Waals surface area contributed by atoms with E-state index in [9.17, 15) is 14.4 Å². The summed E-state index contributed by atoms with van der Waals surface area (Å²) in [7, 11) is 1.60. The number of nitrogens with one attached hydrogen (secondary N) is 2. The van der Waals surface area contributed by atoms with Crippen LogP contribution in [0.4, 0.5) is 4.79 Å². The van der Waals surface area contributed by atoms with Gasteiger partial charge in [-0.2, -0.15) is 0 Å². The van der Waals surface area contributed by atoms with E-state index in [0.29, 0.717) is 0 Å². The third kappa shape index (κ3) is 6.12. The van der Waals surface area contributed by atoms with Crippen LogP contribution in [0.3, 0.4) is 0 Å². The topological polar surface area (TPSA) is 105 Å². The molecule has 0 aliphatic heterocycles. The Labute approximate surface area is 124 Å². The van der Waals surface area contributed by atoms with Crippen LogP contribution in [-0.2, 0) is 14.3 Å². The normalized spacial score (nSPS) is 21.9. The first kappa shape index (κ1) is 17.4. The summed E-state index contributed by atoms with van der Waals surface area (Å²) >= 11 is 0. The minimum absolute atomic E-state index is 0.0192. The average molecular weight is 300 g/mol. The highest BCUT2D eigenvalue weighted by molar-refractivity contribution is 5.94. The van der Waals surface area contributed by atoms with Gasteiger partial charge in [-0.05, 0) is 24.7 Å². The van der Waals surface area contributed by atoms with Crippen molar-refractivity contribution in [2.45, 2.75) is 58.1 Å². The molecule has 21 heavy (non-hydrogen) atoms. The Morgan fingerprint density at radius 2 is 1.90 bits per heavy atom. The quantitative estimate of drug-likeness (QED) is 0.685. The van der Waals surface area contributed by atoms with Crippen LogP contribution in [0.2, 0.25) is 0 Å². The van der Waals surface area contributed by atoms with Crippen molar-refractivity contribution >= 4 is 17.9 Å². The molecule has 2 atom stereocenters. The van der Waals surface area contributed by atoms with Gasteiger partial charge in [0.2, 0.25) is 5.91 Å². The lowest BCUT2D eigenvalue weighted by molar-refractivity contribution is -0.139. The zero-order valence-electron chi connectivity index (χ0n) is 12.8. The summed E-state index contributed by atoms with van der Waals surface area (Å²) in [6.07, 6.45) is 2.52. The van der Waals surface area contributed by atoms with Crippen molar-refractivity contribution in [3.63, 3.8) is 0 Å². The van der Waals surface area contributed by atoms with Gasteiger partial charge in [-0.1, -0.05) is 13.8 Å². The fourth-order valence-corrected chi connectivity index (χ4v) is 2.66. The first-order chi connectivity index (χ1) is 9.73. The molecule has 7 heteroatoms. The lowest BCUT2D eigenvalue weighted by atomic mass is 9.85. The predicted octanol–water partition coefficient (Wildman–Crippen LogP) is 1.27. The van der Waals surface area contributed by atoms with Crippen molar-refractivity contribution in [2.24, 2.45) is 5.41 Å². The van der Waals surface area contributed by atoms with E-state index in [1.807, 2.05) is 0 Å². The summed E-state index contributed by atoms with van der Waals surface area (Å²) in [6.45, 7) is 3.35. The van der Waals surface area contributed by atoms with E-state index in [0.717, 1.165) is 19.3 Å². The number of ether oxygens (including phenoxy) is 1. The lowest BCUT2D eigenvalue weighted by Gasteiger charge is -2.22. The van der Waals surface area contributed by atoms with Crippen LogP contribution in [0, 0.1) is 5.41 Å². The molecule has 1 rings (SSSR count). The Bertz CT molecular complexity index is 408. The first-order valence-electron chi connectivity index (χ1n) is 7.08. The number of imide groups is 1. The Kier molecular flexibility index (Phi) is 6.14. The minimum atomic E-state index is -0.967. The van der Waals surface area contributed by atoms with Crippen LogP contribution in [0.15, 0.2) is 0 Å². The second-order valence-electron chi connectivity index (χ2n) is 6.24. The molecule has 0 heterocycles. The highest BCUT2D eigenvalue weighted by atomic mass is 16.5. The van der Waals surface area contributed by atoms with Crippen LogP contribution in [0.5, 0.6) is 0 Å². The number of carbonyl (C=O) groups is 3. The number of carboxylic acids is 1. The fraction of sp³-hybridized carbons (Fsp3) is 0.786. The summed E-state index contributed by atoms with van der Waals surface area (Å²) in [5, 5.41) is 13.7. The first-order valence-corrected chi connectivity index (χ1v) is 7.08. The molecule has 0 aromatic carbocycles. The molecule has 0 saturated heterocycles. The number of urea groups is 1. The molecule has 7 nitrogen and oxygen atoms in total. The molecule has 0 radical (unpaired) electrons. The zero-order chi connectivity index (χ0) is 16.0. The molecule has 1 aliphatic carbocycles. The van der Waals surface area contributed by atoms with Gasteiger partial charge in [0.05, 0.1) is 18.6 Å². The van der Waals surface area contributed by atoms with Gasteiger partial charge >= 0.3 is 12.0 Å². The number of aliphatic carboxylic acids is 1. The van der Waals surface area contributed by atoms with Crippen molar-refractivity contribution in [2.75, 3.05) is 7.11 Å². The number of rotatable bonds is 6. The van der Waals surface area contributed by atoms with Gasteiger partial charge < -0.3 is 15.2 Å². The van der Waals surface area contributed by atoms with Gasteiger partial charge in [-0.25, -0.2) is 4.79 Å². The molecule has 0 bridgehead atoms. The Morgan fingerprint density at radius 3 is 2.48 bits per heavy atom. The molecular weight excluding hydrogens is 276 g/mol. The third-order valence-electron chi connectivity index (χ3n) is 3.59. The van der Waals surface area contributed by atoms with Crippen LogP contribution in [0.25, 0.3) is 0 Å². The number of hydrogen-bond acceptors (Lipinski definition) is 4. The molecule has 0 aromatic rings. The summed E-state index contributed by atoms with van der Waals surface area (Å²) in [5.74, 6) is -1.45. The zero-order valence-corrected chi connectivity index (χ0v) is 12.8. The number of carbonyl (C=O) groups excluding carboxylic acids is 2. The summed E-state index contributed by atoms with van der Waals surface area (Å²) < 4.78 is 5.26. The van der Waals surface area contributed by atoms with Gasteiger partial charge in [0.25, 0.3) is 0 Å².